The van der Waals surface area contributed by atoms with Crippen molar-refractivity contribution in [2.45, 2.75) is 37.9 Å². The van der Waals surface area contributed by atoms with Gasteiger partial charge in [-0.2, -0.15) is 13.2 Å². The van der Waals surface area contributed by atoms with Gasteiger partial charge in [-0.15, -0.1) is 0 Å². The minimum atomic E-state index is -4.42. The Morgan fingerprint density at radius 2 is 1.94 bits per heavy atom. The number of alkyl halides is 3. The van der Waals surface area contributed by atoms with Crippen molar-refractivity contribution in [3.05, 3.63) is 0 Å². The number of rotatable bonds is 6. The van der Waals surface area contributed by atoms with E-state index in [1.165, 1.54) is 0 Å². The third-order valence-electron chi connectivity index (χ3n) is 3.38. The SMILES string of the molecule is NC(=S)C(CN(CCO)C1CCCC1)C(F)(F)F. The van der Waals surface area contributed by atoms with Crippen LogP contribution in [0, 0.1) is 5.92 Å². The van der Waals surface area contributed by atoms with E-state index in [1.54, 1.807) is 4.90 Å². The highest BCUT2D eigenvalue weighted by molar-refractivity contribution is 7.80. The van der Waals surface area contributed by atoms with Gasteiger partial charge in [-0.05, 0) is 12.8 Å². The highest BCUT2D eigenvalue weighted by atomic mass is 32.1. The van der Waals surface area contributed by atoms with Gasteiger partial charge in [0, 0.05) is 19.1 Å². The monoisotopic (exact) mass is 284 g/mol. The lowest BCUT2D eigenvalue weighted by molar-refractivity contribution is -0.160. The van der Waals surface area contributed by atoms with Crippen molar-refractivity contribution < 1.29 is 18.3 Å². The lowest BCUT2D eigenvalue weighted by atomic mass is 10.1. The van der Waals surface area contributed by atoms with Crippen LogP contribution in [0.4, 0.5) is 13.2 Å². The van der Waals surface area contributed by atoms with Gasteiger partial charge in [0.2, 0.25) is 0 Å². The topological polar surface area (TPSA) is 49.5 Å². The summed E-state index contributed by atoms with van der Waals surface area (Å²) in [5.74, 6) is -1.79. The van der Waals surface area contributed by atoms with Crippen molar-refractivity contribution in [2.75, 3.05) is 19.7 Å². The third kappa shape index (κ3) is 4.37. The Hall–Kier alpha value is -0.400. The Morgan fingerprint density at radius 1 is 1.39 bits per heavy atom. The lowest BCUT2D eigenvalue weighted by Gasteiger charge is -2.32. The Labute approximate surface area is 110 Å². The molecule has 7 heteroatoms. The largest absolute Gasteiger partial charge is 0.399 e. The van der Waals surface area contributed by atoms with E-state index < -0.39 is 17.1 Å². The maximum Gasteiger partial charge on any atom is 0.399 e. The second-order valence-corrected chi connectivity index (χ2v) is 5.12. The molecule has 1 saturated carbocycles. The average molecular weight is 284 g/mol. The summed E-state index contributed by atoms with van der Waals surface area (Å²) in [5.41, 5.74) is 5.19. The molecule has 0 radical (unpaired) electrons. The third-order valence-corrected chi connectivity index (χ3v) is 3.67. The zero-order valence-electron chi connectivity index (χ0n) is 10.1. The number of thiocarbonyl (C=S) groups is 1. The molecule has 0 amide bonds. The highest BCUT2D eigenvalue weighted by Gasteiger charge is 2.43. The van der Waals surface area contributed by atoms with Gasteiger partial charge in [0.25, 0.3) is 0 Å². The number of aliphatic hydroxyl groups excluding tert-OH is 1. The maximum absolute atomic E-state index is 12.8. The molecule has 0 heterocycles. The molecule has 106 valence electrons. The molecule has 1 fully saturated rings. The van der Waals surface area contributed by atoms with Crippen LogP contribution in [-0.2, 0) is 0 Å². The summed E-state index contributed by atoms with van der Waals surface area (Å²) in [6.07, 6.45) is -0.616. The van der Waals surface area contributed by atoms with Gasteiger partial charge >= 0.3 is 6.18 Å². The zero-order valence-corrected chi connectivity index (χ0v) is 10.9. The first-order valence-electron chi connectivity index (χ1n) is 6.07. The minimum absolute atomic E-state index is 0.108. The fourth-order valence-electron chi connectivity index (χ4n) is 2.41. The first-order valence-corrected chi connectivity index (χ1v) is 6.48. The molecule has 0 aliphatic heterocycles. The smallest absolute Gasteiger partial charge is 0.395 e. The Balaban J connectivity index is 2.70. The molecule has 1 aliphatic rings. The molecule has 0 saturated heterocycles. The fraction of sp³-hybridized carbons (Fsp3) is 0.909. The van der Waals surface area contributed by atoms with Crippen LogP contribution < -0.4 is 5.73 Å². The average Bonchev–Trinajstić information content (AvgIpc) is 2.74. The quantitative estimate of drug-likeness (QED) is 0.729. The van der Waals surface area contributed by atoms with Crippen LogP contribution in [0.25, 0.3) is 0 Å². The second kappa shape index (κ2) is 6.68. The van der Waals surface area contributed by atoms with Crippen LogP contribution in [0.3, 0.4) is 0 Å². The van der Waals surface area contributed by atoms with Crippen molar-refractivity contribution in [3.8, 4) is 0 Å². The van der Waals surface area contributed by atoms with Gasteiger partial charge in [-0.25, -0.2) is 0 Å². The van der Waals surface area contributed by atoms with Gasteiger partial charge in [-0.3, -0.25) is 4.90 Å². The molecule has 18 heavy (non-hydrogen) atoms. The highest BCUT2D eigenvalue weighted by Crippen LogP contribution is 2.30. The van der Waals surface area contributed by atoms with Gasteiger partial charge in [0.1, 0.15) is 5.92 Å². The van der Waals surface area contributed by atoms with E-state index in [4.69, 9.17) is 10.8 Å². The molecule has 0 bridgehead atoms. The van der Waals surface area contributed by atoms with Crippen LogP contribution >= 0.6 is 12.2 Å². The first-order chi connectivity index (χ1) is 8.36. The van der Waals surface area contributed by atoms with Crippen LogP contribution in [0.15, 0.2) is 0 Å². The summed E-state index contributed by atoms with van der Waals surface area (Å²) < 4.78 is 38.4. The summed E-state index contributed by atoms with van der Waals surface area (Å²) in [6, 6.07) is 0.108. The molecule has 0 aromatic rings. The molecule has 1 atom stereocenters. The van der Waals surface area contributed by atoms with Crippen molar-refractivity contribution in [2.24, 2.45) is 11.7 Å². The molecule has 0 aromatic carbocycles. The minimum Gasteiger partial charge on any atom is -0.395 e. The lowest BCUT2D eigenvalue weighted by Crippen LogP contribution is -2.47. The van der Waals surface area contributed by atoms with E-state index in [-0.39, 0.29) is 25.7 Å². The normalized spacial score (nSPS) is 19.4. The molecule has 1 rings (SSSR count). The molecule has 1 aliphatic carbocycles. The van der Waals surface area contributed by atoms with E-state index in [1.807, 2.05) is 0 Å². The Kier molecular flexibility index (Phi) is 5.81. The summed E-state index contributed by atoms with van der Waals surface area (Å²) >= 11 is 4.51. The van der Waals surface area contributed by atoms with E-state index in [0.717, 1.165) is 25.7 Å². The molecular weight excluding hydrogens is 265 g/mol. The number of halogens is 3. The predicted molar refractivity (Wildman–Crippen MR) is 67.2 cm³/mol. The van der Waals surface area contributed by atoms with Gasteiger partial charge in [0.15, 0.2) is 0 Å². The van der Waals surface area contributed by atoms with Gasteiger partial charge < -0.3 is 10.8 Å². The summed E-state index contributed by atoms with van der Waals surface area (Å²) in [5, 5.41) is 8.96. The summed E-state index contributed by atoms with van der Waals surface area (Å²) in [7, 11) is 0. The standard InChI is InChI=1S/C11H19F3N2OS/c12-11(13,14)9(10(15)18)7-16(5-6-17)8-3-1-2-4-8/h8-9,17H,1-7H2,(H2,15,18). The fourth-order valence-corrected chi connectivity index (χ4v) is 2.62. The van der Waals surface area contributed by atoms with Crippen molar-refractivity contribution in [3.63, 3.8) is 0 Å². The van der Waals surface area contributed by atoms with Gasteiger partial charge in [0.05, 0.1) is 11.6 Å². The molecule has 1 unspecified atom stereocenters. The molecular formula is C11H19F3N2OS. The van der Waals surface area contributed by atoms with Crippen molar-refractivity contribution >= 4 is 17.2 Å². The van der Waals surface area contributed by atoms with E-state index >= 15 is 0 Å². The Bertz CT molecular complexity index is 280. The summed E-state index contributed by atoms with van der Waals surface area (Å²) in [6.45, 7) is -0.164. The van der Waals surface area contributed by atoms with E-state index in [2.05, 4.69) is 12.2 Å². The zero-order chi connectivity index (χ0) is 13.8. The molecule has 3 nitrogen and oxygen atoms in total. The number of nitrogens with two attached hydrogens (primary N) is 1. The van der Waals surface area contributed by atoms with Crippen LogP contribution in [0.5, 0.6) is 0 Å². The molecule has 0 spiro atoms. The van der Waals surface area contributed by atoms with Crippen molar-refractivity contribution in [1.82, 2.24) is 4.90 Å². The maximum atomic E-state index is 12.8. The van der Waals surface area contributed by atoms with Crippen LogP contribution in [0.1, 0.15) is 25.7 Å². The molecule has 3 N–H and O–H groups in total. The van der Waals surface area contributed by atoms with E-state index in [9.17, 15) is 13.2 Å². The van der Waals surface area contributed by atoms with Crippen LogP contribution in [0.2, 0.25) is 0 Å². The molecule has 0 aromatic heterocycles. The van der Waals surface area contributed by atoms with E-state index in [0.29, 0.717) is 0 Å². The number of aliphatic hydroxyl groups is 1. The van der Waals surface area contributed by atoms with Crippen molar-refractivity contribution in [1.29, 1.82) is 0 Å². The first kappa shape index (κ1) is 15.7. The number of hydrogen-bond donors (Lipinski definition) is 2. The van der Waals surface area contributed by atoms with Crippen LogP contribution in [-0.4, -0.2) is 46.9 Å². The number of hydrogen-bond acceptors (Lipinski definition) is 3. The summed E-state index contributed by atoms with van der Waals surface area (Å²) in [4.78, 5) is 1.15. The predicted octanol–water partition coefficient (Wildman–Crippen LogP) is 1.69. The second-order valence-electron chi connectivity index (χ2n) is 4.65. The van der Waals surface area contributed by atoms with Gasteiger partial charge in [-0.1, -0.05) is 25.1 Å². The Morgan fingerprint density at radius 3 is 2.33 bits per heavy atom. The number of nitrogens with zero attached hydrogens (tertiary/aromatic N) is 1.